The predicted octanol–water partition coefficient (Wildman–Crippen LogP) is 2.95. The number of esters is 1. The van der Waals surface area contributed by atoms with Crippen molar-refractivity contribution >= 4 is 21.9 Å². The van der Waals surface area contributed by atoms with Gasteiger partial charge in [0.25, 0.3) is 0 Å². The first-order valence-corrected chi connectivity index (χ1v) is 7.07. The summed E-state index contributed by atoms with van der Waals surface area (Å²) < 4.78 is 6.00. The molecule has 1 rings (SSSR count). The maximum absolute atomic E-state index is 11.6. The Bertz CT molecular complexity index is 455. The molecular formula is C15H18BrNO2. The molecule has 0 spiro atoms. The topological polar surface area (TPSA) is 29.5 Å². The summed E-state index contributed by atoms with van der Waals surface area (Å²) in [6, 6.07) is 7.05. The Kier molecular flexibility index (Phi) is 7.24. The zero-order chi connectivity index (χ0) is 14.1. The number of halogens is 1. The molecule has 3 nitrogen and oxygen atoms in total. The first-order valence-electron chi connectivity index (χ1n) is 6.28. The van der Waals surface area contributed by atoms with Crippen LogP contribution in [0.2, 0.25) is 0 Å². The fourth-order valence-corrected chi connectivity index (χ4v) is 1.70. The van der Waals surface area contributed by atoms with Gasteiger partial charge >= 0.3 is 5.97 Å². The van der Waals surface area contributed by atoms with Crippen molar-refractivity contribution < 1.29 is 9.53 Å². The Labute approximate surface area is 123 Å². The zero-order valence-electron chi connectivity index (χ0n) is 11.3. The van der Waals surface area contributed by atoms with Crippen LogP contribution in [0, 0.1) is 11.8 Å². The average molecular weight is 324 g/mol. The van der Waals surface area contributed by atoms with Crippen LogP contribution >= 0.6 is 15.9 Å². The number of carbonyl (C=O) groups excluding carboxylic acids is 1. The molecule has 0 saturated carbocycles. The lowest BCUT2D eigenvalue weighted by Crippen LogP contribution is -2.22. The van der Waals surface area contributed by atoms with E-state index in [4.69, 9.17) is 4.74 Å². The summed E-state index contributed by atoms with van der Waals surface area (Å²) >= 11 is 3.32. The fraction of sp³-hybridized carbons (Fsp3) is 0.400. The van der Waals surface area contributed by atoms with Crippen molar-refractivity contribution in [2.75, 3.05) is 26.2 Å². The lowest BCUT2D eigenvalue weighted by atomic mass is 10.2. The molecule has 1 aromatic carbocycles. The number of hydrogen-bond acceptors (Lipinski definition) is 3. The quantitative estimate of drug-likeness (QED) is 0.616. The van der Waals surface area contributed by atoms with Gasteiger partial charge < -0.3 is 4.74 Å². The van der Waals surface area contributed by atoms with Gasteiger partial charge in [0, 0.05) is 4.47 Å². The SMILES string of the molecule is CCN(CC)CC#CCOC(=O)c1ccc(Br)cc1. The van der Waals surface area contributed by atoms with Gasteiger partial charge in [-0.3, -0.25) is 4.90 Å². The van der Waals surface area contributed by atoms with Crippen LogP contribution in [0.3, 0.4) is 0 Å². The Morgan fingerprint density at radius 2 is 1.84 bits per heavy atom. The van der Waals surface area contributed by atoms with Gasteiger partial charge in [-0.15, -0.1) is 0 Å². The Morgan fingerprint density at radius 1 is 1.21 bits per heavy atom. The highest BCUT2D eigenvalue weighted by Crippen LogP contribution is 2.11. The predicted molar refractivity (Wildman–Crippen MR) is 80.0 cm³/mol. The minimum atomic E-state index is -0.343. The molecule has 0 amide bonds. The number of benzene rings is 1. The van der Waals surface area contributed by atoms with Crippen LogP contribution in [0.4, 0.5) is 0 Å². The molecule has 4 heteroatoms. The Hall–Kier alpha value is -1.31. The highest BCUT2D eigenvalue weighted by Gasteiger charge is 2.04. The molecule has 102 valence electrons. The van der Waals surface area contributed by atoms with Gasteiger partial charge in [-0.1, -0.05) is 41.6 Å². The monoisotopic (exact) mass is 323 g/mol. The van der Waals surface area contributed by atoms with E-state index in [2.05, 4.69) is 46.5 Å². The van der Waals surface area contributed by atoms with Crippen molar-refractivity contribution in [1.29, 1.82) is 0 Å². The van der Waals surface area contributed by atoms with E-state index in [1.54, 1.807) is 12.1 Å². The summed E-state index contributed by atoms with van der Waals surface area (Å²) in [5.41, 5.74) is 0.536. The number of nitrogens with zero attached hydrogens (tertiary/aromatic N) is 1. The number of rotatable bonds is 5. The third kappa shape index (κ3) is 5.91. The molecule has 0 aliphatic heterocycles. The molecule has 0 aliphatic rings. The number of carbonyl (C=O) groups is 1. The van der Waals surface area contributed by atoms with Crippen LogP contribution in [0.1, 0.15) is 24.2 Å². The van der Waals surface area contributed by atoms with Crippen LogP contribution in [0.25, 0.3) is 0 Å². The molecule has 0 bridgehead atoms. The van der Waals surface area contributed by atoms with E-state index in [-0.39, 0.29) is 12.6 Å². The molecule has 0 aromatic heterocycles. The summed E-state index contributed by atoms with van der Waals surface area (Å²) in [6.07, 6.45) is 0. The second-order valence-corrected chi connectivity index (χ2v) is 4.81. The molecule has 0 N–H and O–H groups in total. The van der Waals surface area contributed by atoms with Crippen LogP contribution in [0.5, 0.6) is 0 Å². The third-order valence-corrected chi connectivity index (χ3v) is 3.21. The molecule has 19 heavy (non-hydrogen) atoms. The van der Waals surface area contributed by atoms with Crippen molar-refractivity contribution in [3.05, 3.63) is 34.3 Å². The van der Waals surface area contributed by atoms with Gasteiger partial charge in [-0.2, -0.15) is 0 Å². The molecular weight excluding hydrogens is 306 g/mol. The molecule has 0 saturated heterocycles. The van der Waals surface area contributed by atoms with E-state index in [0.29, 0.717) is 12.1 Å². The van der Waals surface area contributed by atoms with Crippen LogP contribution in [-0.2, 0) is 4.74 Å². The van der Waals surface area contributed by atoms with E-state index in [1.807, 2.05) is 12.1 Å². The molecule has 0 aliphatic carbocycles. The van der Waals surface area contributed by atoms with Crippen molar-refractivity contribution in [3.63, 3.8) is 0 Å². The second-order valence-electron chi connectivity index (χ2n) is 3.90. The van der Waals surface area contributed by atoms with Crippen molar-refractivity contribution in [1.82, 2.24) is 4.90 Å². The van der Waals surface area contributed by atoms with Crippen LogP contribution in [0.15, 0.2) is 28.7 Å². The highest BCUT2D eigenvalue weighted by molar-refractivity contribution is 9.10. The van der Waals surface area contributed by atoms with Crippen molar-refractivity contribution in [3.8, 4) is 11.8 Å². The Morgan fingerprint density at radius 3 is 2.42 bits per heavy atom. The summed E-state index contributed by atoms with van der Waals surface area (Å²) in [5, 5.41) is 0. The smallest absolute Gasteiger partial charge is 0.339 e. The number of ether oxygens (including phenoxy) is 1. The van der Waals surface area contributed by atoms with E-state index in [1.165, 1.54) is 0 Å². The summed E-state index contributed by atoms with van der Waals surface area (Å²) in [5.74, 6) is 5.50. The van der Waals surface area contributed by atoms with Gasteiger partial charge in [0.15, 0.2) is 6.61 Å². The maximum Gasteiger partial charge on any atom is 0.339 e. The highest BCUT2D eigenvalue weighted by atomic mass is 79.9. The molecule has 0 atom stereocenters. The van der Waals surface area contributed by atoms with Crippen LogP contribution in [-0.4, -0.2) is 37.1 Å². The third-order valence-electron chi connectivity index (χ3n) is 2.68. The fourth-order valence-electron chi connectivity index (χ4n) is 1.44. The van der Waals surface area contributed by atoms with Gasteiger partial charge in [-0.25, -0.2) is 4.79 Å². The zero-order valence-corrected chi connectivity index (χ0v) is 12.9. The normalized spacial score (nSPS) is 9.89. The summed E-state index contributed by atoms with van der Waals surface area (Å²) in [4.78, 5) is 13.8. The van der Waals surface area contributed by atoms with Gasteiger partial charge in [0.05, 0.1) is 12.1 Å². The van der Waals surface area contributed by atoms with Crippen molar-refractivity contribution in [2.24, 2.45) is 0 Å². The van der Waals surface area contributed by atoms with E-state index in [0.717, 1.165) is 17.6 Å². The first kappa shape index (κ1) is 15.7. The van der Waals surface area contributed by atoms with E-state index in [9.17, 15) is 4.79 Å². The maximum atomic E-state index is 11.6. The second kappa shape index (κ2) is 8.73. The largest absolute Gasteiger partial charge is 0.449 e. The minimum absolute atomic E-state index is 0.135. The average Bonchev–Trinajstić information content (AvgIpc) is 2.43. The lowest BCUT2D eigenvalue weighted by molar-refractivity contribution is 0.0556. The summed E-state index contributed by atoms with van der Waals surface area (Å²) in [7, 11) is 0. The molecule has 0 fully saturated rings. The summed E-state index contributed by atoms with van der Waals surface area (Å²) in [6.45, 7) is 6.99. The molecule has 0 radical (unpaired) electrons. The molecule has 1 aromatic rings. The van der Waals surface area contributed by atoms with Gasteiger partial charge in [0.1, 0.15) is 0 Å². The van der Waals surface area contributed by atoms with Gasteiger partial charge in [0.2, 0.25) is 0 Å². The van der Waals surface area contributed by atoms with Crippen LogP contribution < -0.4 is 0 Å². The lowest BCUT2D eigenvalue weighted by Gasteiger charge is -2.13. The molecule has 0 unspecified atom stereocenters. The minimum Gasteiger partial charge on any atom is -0.449 e. The van der Waals surface area contributed by atoms with Gasteiger partial charge in [-0.05, 0) is 37.4 Å². The number of hydrogen-bond donors (Lipinski definition) is 0. The standard InChI is InChI=1S/C15H18BrNO2/c1-3-17(4-2)11-5-6-12-19-15(18)13-7-9-14(16)10-8-13/h7-10H,3-4,11-12H2,1-2H3. The molecule has 0 heterocycles. The van der Waals surface area contributed by atoms with E-state index < -0.39 is 0 Å². The Balaban J connectivity index is 2.35. The van der Waals surface area contributed by atoms with Crippen molar-refractivity contribution in [2.45, 2.75) is 13.8 Å². The first-order chi connectivity index (χ1) is 9.17. The van der Waals surface area contributed by atoms with E-state index >= 15 is 0 Å².